The predicted octanol–water partition coefficient (Wildman–Crippen LogP) is -1.44. The van der Waals surface area contributed by atoms with E-state index in [-0.39, 0.29) is 29.6 Å². The normalized spacial score (nSPS) is 17.2. The van der Waals surface area contributed by atoms with E-state index in [1.165, 1.54) is 18.9 Å². The summed E-state index contributed by atoms with van der Waals surface area (Å²) in [6.45, 7) is 2.82. The summed E-state index contributed by atoms with van der Waals surface area (Å²) in [5, 5.41) is 25.5. The molecule has 0 aromatic carbocycles. The molecule has 5 nitrogen and oxygen atoms in total. The molecule has 0 unspecified atom stereocenters. The Morgan fingerprint density at radius 1 is 0.938 bits per heavy atom. The lowest BCUT2D eigenvalue weighted by atomic mass is 10.4. The Hall–Kier alpha value is 0.0169. The van der Waals surface area contributed by atoms with Crippen molar-refractivity contribution in [2.45, 2.75) is 18.9 Å². The smallest absolute Gasteiger partial charge is 0.161 e. The molecule has 0 saturated carbocycles. The molecule has 1 heterocycles. The molecule has 0 amide bonds. The van der Waals surface area contributed by atoms with Gasteiger partial charge in [0.05, 0.1) is 19.8 Å². The van der Waals surface area contributed by atoms with Gasteiger partial charge in [0.25, 0.3) is 0 Å². The van der Waals surface area contributed by atoms with E-state index in [1.807, 2.05) is 0 Å². The van der Waals surface area contributed by atoms with Gasteiger partial charge in [-0.15, -0.1) is 0 Å². The van der Waals surface area contributed by atoms with Crippen molar-refractivity contribution in [1.29, 1.82) is 0 Å². The van der Waals surface area contributed by atoms with Gasteiger partial charge in [-0.2, -0.15) is 0 Å². The zero-order chi connectivity index (χ0) is 12.1. The Kier molecular flexibility index (Phi) is 13.1. The predicted molar refractivity (Wildman–Crippen MR) is 66.2 cm³/mol. The van der Waals surface area contributed by atoms with E-state index in [4.69, 9.17) is 19.7 Å². The molecule has 1 saturated heterocycles. The van der Waals surface area contributed by atoms with Crippen LogP contribution in [0.1, 0.15) is 12.8 Å². The van der Waals surface area contributed by atoms with Gasteiger partial charge in [0.15, 0.2) is 9.76 Å². The highest BCUT2D eigenvalue weighted by atomic mass is 28.2. The number of hydrogen-bond donors (Lipinski definition) is 3. The van der Waals surface area contributed by atoms with Gasteiger partial charge in [0.2, 0.25) is 0 Å². The minimum absolute atomic E-state index is 0.00849. The van der Waals surface area contributed by atoms with Crippen LogP contribution in [0.15, 0.2) is 0 Å². The maximum atomic E-state index is 8.48. The summed E-state index contributed by atoms with van der Waals surface area (Å²) in [5.74, 6) is 0. The molecule has 0 bridgehead atoms. The zero-order valence-corrected chi connectivity index (χ0v) is 11.4. The standard InChI is InChI=1S/C6H15NO3.C4H10OSi/c8-4-1-7(2-5-9)3-6-10;1-2-4-6-5-3-1/h8-10H,1-6H2;1-4,6H2. The first kappa shape index (κ1) is 16.0. The molecule has 1 rings (SSSR count). The topological polar surface area (TPSA) is 73.2 Å². The van der Waals surface area contributed by atoms with Crippen LogP contribution >= 0.6 is 0 Å². The molecule has 0 atom stereocenters. The molecule has 0 aromatic rings. The Bertz CT molecular complexity index is 110. The molecular weight excluding hydrogens is 226 g/mol. The fraction of sp³-hybridized carbons (Fsp3) is 1.00. The van der Waals surface area contributed by atoms with Crippen molar-refractivity contribution in [1.82, 2.24) is 4.90 Å². The van der Waals surface area contributed by atoms with Crippen LogP contribution in [0.3, 0.4) is 0 Å². The van der Waals surface area contributed by atoms with Crippen molar-refractivity contribution in [2.24, 2.45) is 0 Å². The van der Waals surface area contributed by atoms with Crippen molar-refractivity contribution in [3.63, 3.8) is 0 Å². The lowest BCUT2D eigenvalue weighted by Gasteiger charge is -2.17. The van der Waals surface area contributed by atoms with Crippen LogP contribution in [0, 0.1) is 0 Å². The first-order valence-corrected chi connectivity index (χ1v) is 7.55. The molecule has 98 valence electrons. The SMILES string of the molecule is C1CC[SiH2]OC1.OCCN(CCO)CCO. The number of aliphatic hydroxyl groups excluding tert-OH is 3. The summed E-state index contributed by atoms with van der Waals surface area (Å²) >= 11 is 0. The molecule has 0 aliphatic carbocycles. The van der Waals surface area contributed by atoms with Crippen LogP contribution in [-0.2, 0) is 4.43 Å². The summed E-state index contributed by atoms with van der Waals surface area (Å²) in [6.07, 6.45) is 2.75. The summed E-state index contributed by atoms with van der Waals surface area (Å²) in [4.78, 5) is 1.79. The van der Waals surface area contributed by atoms with Crippen LogP contribution in [-0.4, -0.2) is 76.0 Å². The molecule has 1 aliphatic rings. The highest BCUT2D eigenvalue weighted by molar-refractivity contribution is 6.27. The monoisotopic (exact) mass is 251 g/mol. The maximum absolute atomic E-state index is 8.48. The number of hydrogen-bond acceptors (Lipinski definition) is 5. The number of aliphatic hydroxyl groups is 3. The number of nitrogens with zero attached hydrogens (tertiary/aromatic N) is 1. The van der Waals surface area contributed by atoms with Crippen LogP contribution in [0.25, 0.3) is 0 Å². The number of rotatable bonds is 6. The van der Waals surface area contributed by atoms with E-state index in [9.17, 15) is 0 Å². The van der Waals surface area contributed by atoms with Crippen molar-refractivity contribution in [3.8, 4) is 0 Å². The van der Waals surface area contributed by atoms with Gasteiger partial charge in [-0.05, 0) is 12.5 Å². The van der Waals surface area contributed by atoms with Gasteiger partial charge >= 0.3 is 0 Å². The summed E-state index contributed by atoms with van der Waals surface area (Å²) in [5.41, 5.74) is 0. The van der Waals surface area contributed by atoms with Crippen molar-refractivity contribution in [3.05, 3.63) is 0 Å². The Labute approximate surface area is 100.0 Å². The first-order valence-electron chi connectivity index (χ1n) is 5.97. The minimum atomic E-state index is 0.00849. The molecular formula is C10H25NO4Si. The molecule has 16 heavy (non-hydrogen) atoms. The summed E-state index contributed by atoms with van der Waals surface area (Å²) < 4.78 is 5.21. The largest absolute Gasteiger partial charge is 0.424 e. The third kappa shape index (κ3) is 10.5. The summed E-state index contributed by atoms with van der Waals surface area (Å²) in [6, 6.07) is 1.42. The van der Waals surface area contributed by atoms with Crippen molar-refractivity contribution < 1.29 is 19.7 Å². The van der Waals surface area contributed by atoms with Crippen LogP contribution in [0.2, 0.25) is 6.04 Å². The van der Waals surface area contributed by atoms with E-state index >= 15 is 0 Å². The van der Waals surface area contributed by atoms with Crippen LogP contribution in [0.4, 0.5) is 0 Å². The van der Waals surface area contributed by atoms with Crippen molar-refractivity contribution in [2.75, 3.05) is 46.1 Å². The van der Waals surface area contributed by atoms with Gasteiger partial charge in [-0.3, -0.25) is 4.90 Å². The van der Waals surface area contributed by atoms with Crippen molar-refractivity contribution >= 4 is 9.76 Å². The molecule has 1 fully saturated rings. The van der Waals surface area contributed by atoms with E-state index in [0.717, 1.165) is 6.61 Å². The Morgan fingerprint density at radius 3 is 1.69 bits per heavy atom. The third-order valence-corrected chi connectivity index (χ3v) is 3.69. The molecule has 3 N–H and O–H groups in total. The van der Waals surface area contributed by atoms with E-state index in [0.29, 0.717) is 19.6 Å². The molecule has 0 aromatic heterocycles. The third-order valence-electron chi connectivity index (χ3n) is 2.33. The fourth-order valence-corrected chi connectivity index (χ4v) is 2.62. The van der Waals surface area contributed by atoms with E-state index < -0.39 is 0 Å². The van der Waals surface area contributed by atoms with Crippen LogP contribution < -0.4 is 0 Å². The molecule has 6 heteroatoms. The van der Waals surface area contributed by atoms with Gasteiger partial charge in [0, 0.05) is 26.2 Å². The second-order valence-electron chi connectivity index (χ2n) is 3.69. The van der Waals surface area contributed by atoms with Gasteiger partial charge in [-0.25, -0.2) is 0 Å². The highest BCUT2D eigenvalue weighted by Gasteiger charge is 2.00. The molecule has 0 radical (unpaired) electrons. The maximum Gasteiger partial charge on any atom is 0.161 e. The second kappa shape index (κ2) is 13.1. The second-order valence-corrected chi connectivity index (χ2v) is 5.21. The fourth-order valence-electron chi connectivity index (χ4n) is 1.45. The first-order chi connectivity index (χ1) is 7.85. The highest BCUT2D eigenvalue weighted by Crippen LogP contribution is 2.01. The average molecular weight is 251 g/mol. The Balaban J connectivity index is 0.000000315. The van der Waals surface area contributed by atoms with E-state index in [1.54, 1.807) is 4.90 Å². The van der Waals surface area contributed by atoms with Gasteiger partial charge < -0.3 is 19.7 Å². The quantitative estimate of drug-likeness (QED) is 0.505. The zero-order valence-electron chi connectivity index (χ0n) is 9.98. The summed E-state index contributed by atoms with van der Waals surface area (Å²) in [7, 11) is 0.00849. The van der Waals surface area contributed by atoms with Gasteiger partial charge in [-0.1, -0.05) is 6.42 Å². The van der Waals surface area contributed by atoms with Crippen LogP contribution in [0.5, 0.6) is 0 Å². The van der Waals surface area contributed by atoms with Gasteiger partial charge in [0.1, 0.15) is 0 Å². The lowest BCUT2D eigenvalue weighted by molar-refractivity contribution is 0.136. The minimum Gasteiger partial charge on any atom is -0.424 e. The lowest BCUT2D eigenvalue weighted by Crippen LogP contribution is -2.32. The molecule has 0 spiro atoms. The molecule has 1 aliphatic heterocycles. The van der Waals surface area contributed by atoms with E-state index in [2.05, 4.69) is 0 Å². The average Bonchev–Trinajstić information content (AvgIpc) is 2.33. The Morgan fingerprint density at radius 2 is 1.50 bits per heavy atom.